The second-order valence-corrected chi connectivity index (χ2v) is 4.99. The molecular formula is C16H21N3O4. The molecule has 1 aromatic carbocycles. The summed E-state index contributed by atoms with van der Waals surface area (Å²) in [5.41, 5.74) is 0.900. The van der Waals surface area contributed by atoms with Gasteiger partial charge in [-0.2, -0.15) is 0 Å². The Bertz CT molecular complexity index is 669. The van der Waals surface area contributed by atoms with Gasteiger partial charge in [-0.15, -0.1) is 0 Å². The van der Waals surface area contributed by atoms with Gasteiger partial charge in [0.2, 0.25) is 0 Å². The number of carbonyl (C=O) groups is 1. The van der Waals surface area contributed by atoms with Crippen molar-refractivity contribution >= 4 is 11.8 Å². The predicted octanol–water partition coefficient (Wildman–Crippen LogP) is 3.27. The van der Waals surface area contributed by atoms with Gasteiger partial charge in [-0.3, -0.25) is 5.32 Å². The van der Waals surface area contributed by atoms with Crippen molar-refractivity contribution in [3.05, 3.63) is 35.6 Å². The monoisotopic (exact) mass is 319 g/mol. The number of carbonyl (C=O) groups excluding carboxylic acids is 1. The lowest BCUT2D eigenvalue weighted by molar-refractivity contribution is 0.249. The molecule has 0 saturated heterocycles. The number of methoxy groups -OCH3 is 1. The molecule has 0 spiro atoms. The third-order valence-corrected chi connectivity index (χ3v) is 3.20. The van der Waals surface area contributed by atoms with Crippen LogP contribution in [0.2, 0.25) is 0 Å². The Kier molecular flexibility index (Phi) is 5.46. The molecule has 0 fully saturated rings. The summed E-state index contributed by atoms with van der Waals surface area (Å²) < 4.78 is 15.7. The number of aryl methyl sites for hydroxylation is 1. The fourth-order valence-corrected chi connectivity index (χ4v) is 2.09. The van der Waals surface area contributed by atoms with Crippen molar-refractivity contribution in [1.82, 2.24) is 10.5 Å². The highest BCUT2D eigenvalue weighted by atomic mass is 16.5. The standard InChI is InChI=1S/C16H21N3O4/c1-5-22-13-7-6-12(9-14(13)21-4)11(3)17-16(20)18-15-8-10(2)23-19-15/h6-9,11H,5H2,1-4H3,(H2,17,18,19,20). The number of aromatic nitrogens is 1. The highest BCUT2D eigenvalue weighted by Crippen LogP contribution is 2.30. The number of nitrogens with one attached hydrogen (secondary N) is 2. The van der Waals surface area contributed by atoms with E-state index in [0.29, 0.717) is 29.7 Å². The predicted molar refractivity (Wildman–Crippen MR) is 86.0 cm³/mol. The van der Waals surface area contributed by atoms with Crippen LogP contribution in [-0.2, 0) is 0 Å². The fourth-order valence-electron chi connectivity index (χ4n) is 2.09. The van der Waals surface area contributed by atoms with Crippen LogP contribution in [0, 0.1) is 6.92 Å². The zero-order valence-electron chi connectivity index (χ0n) is 13.7. The van der Waals surface area contributed by atoms with Gasteiger partial charge in [-0.25, -0.2) is 4.79 Å². The van der Waals surface area contributed by atoms with Crippen LogP contribution in [0.5, 0.6) is 11.5 Å². The van der Waals surface area contributed by atoms with Gasteiger partial charge in [0.25, 0.3) is 0 Å². The third kappa shape index (κ3) is 4.38. The number of rotatable bonds is 6. The molecule has 0 aliphatic carbocycles. The summed E-state index contributed by atoms with van der Waals surface area (Å²) in [6.45, 7) is 6.10. The van der Waals surface area contributed by atoms with E-state index in [4.69, 9.17) is 14.0 Å². The van der Waals surface area contributed by atoms with E-state index in [1.807, 2.05) is 32.0 Å². The molecule has 23 heavy (non-hydrogen) atoms. The van der Waals surface area contributed by atoms with E-state index < -0.39 is 0 Å². The lowest BCUT2D eigenvalue weighted by Gasteiger charge is -2.17. The van der Waals surface area contributed by atoms with Gasteiger partial charge in [0, 0.05) is 6.07 Å². The van der Waals surface area contributed by atoms with Crippen LogP contribution in [0.25, 0.3) is 0 Å². The second kappa shape index (κ2) is 7.53. The number of hydrogen-bond donors (Lipinski definition) is 2. The van der Waals surface area contributed by atoms with E-state index in [2.05, 4.69) is 15.8 Å². The van der Waals surface area contributed by atoms with Gasteiger partial charge in [0.15, 0.2) is 17.3 Å². The Labute approximate surface area is 134 Å². The Morgan fingerprint density at radius 2 is 2.13 bits per heavy atom. The molecule has 2 rings (SSSR count). The number of amides is 2. The molecule has 2 amide bonds. The Hall–Kier alpha value is -2.70. The number of anilines is 1. The molecule has 1 unspecified atom stereocenters. The van der Waals surface area contributed by atoms with Crippen LogP contribution >= 0.6 is 0 Å². The number of ether oxygens (including phenoxy) is 2. The first kappa shape index (κ1) is 16.7. The number of hydrogen-bond acceptors (Lipinski definition) is 5. The number of urea groups is 1. The zero-order valence-corrected chi connectivity index (χ0v) is 13.7. The van der Waals surface area contributed by atoms with Gasteiger partial charge in [0.05, 0.1) is 19.8 Å². The van der Waals surface area contributed by atoms with Crippen molar-refractivity contribution in [2.24, 2.45) is 0 Å². The van der Waals surface area contributed by atoms with Crippen molar-refractivity contribution in [3.8, 4) is 11.5 Å². The molecule has 0 saturated carbocycles. The molecule has 124 valence electrons. The summed E-state index contributed by atoms with van der Waals surface area (Å²) in [7, 11) is 1.58. The van der Waals surface area contributed by atoms with E-state index >= 15 is 0 Å². The first-order valence-electron chi connectivity index (χ1n) is 7.35. The lowest BCUT2D eigenvalue weighted by atomic mass is 10.1. The maximum absolute atomic E-state index is 12.0. The first-order valence-corrected chi connectivity index (χ1v) is 7.35. The van der Waals surface area contributed by atoms with E-state index in [1.165, 1.54) is 0 Å². The quantitative estimate of drug-likeness (QED) is 0.853. The summed E-state index contributed by atoms with van der Waals surface area (Å²) >= 11 is 0. The van der Waals surface area contributed by atoms with Gasteiger partial charge >= 0.3 is 6.03 Å². The Balaban J connectivity index is 2.02. The van der Waals surface area contributed by atoms with E-state index in [-0.39, 0.29) is 12.1 Å². The molecule has 0 aliphatic heterocycles. The smallest absolute Gasteiger partial charge is 0.320 e. The zero-order chi connectivity index (χ0) is 16.8. The summed E-state index contributed by atoms with van der Waals surface area (Å²) in [6, 6.07) is 6.62. The minimum Gasteiger partial charge on any atom is -0.493 e. The molecular weight excluding hydrogens is 298 g/mol. The van der Waals surface area contributed by atoms with Crippen LogP contribution in [0.4, 0.5) is 10.6 Å². The highest BCUT2D eigenvalue weighted by molar-refractivity contribution is 5.88. The SMILES string of the molecule is CCOc1ccc(C(C)NC(=O)Nc2cc(C)on2)cc1OC. The van der Waals surface area contributed by atoms with E-state index in [1.54, 1.807) is 20.1 Å². The van der Waals surface area contributed by atoms with Gasteiger partial charge in [0.1, 0.15) is 5.76 Å². The van der Waals surface area contributed by atoms with Crippen molar-refractivity contribution in [3.63, 3.8) is 0 Å². The second-order valence-electron chi connectivity index (χ2n) is 4.99. The lowest BCUT2D eigenvalue weighted by Crippen LogP contribution is -2.31. The van der Waals surface area contributed by atoms with Gasteiger partial charge in [-0.1, -0.05) is 11.2 Å². The van der Waals surface area contributed by atoms with Crippen LogP contribution < -0.4 is 20.1 Å². The molecule has 7 nitrogen and oxygen atoms in total. The number of nitrogens with zero attached hydrogens (tertiary/aromatic N) is 1. The van der Waals surface area contributed by atoms with Crippen molar-refractivity contribution < 1.29 is 18.8 Å². The van der Waals surface area contributed by atoms with Crippen LogP contribution in [0.15, 0.2) is 28.8 Å². The largest absolute Gasteiger partial charge is 0.493 e. The average Bonchev–Trinajstić information content (AvgIpc) is 2.92. The first-order chi connectivity index (χ1) is 11.0. The summed E-state index contributed by atoms with van der Waals surface area (Å²) in [5, 5.41) is 9.15. The molecule has 0 radical (unpaired) electrons. The number of benzene rings is 1. The van der Waals surface area contributed by atoms with Crippen LogP contribution in [0.1, 0.15) is 31.2 Å². The topological polar surface area (TPSA) is 85.6 Å². The molecule has 2 N–H and O–H groups in total. The molecule has 0 bridgehead atoms. The van der Waals surface area contributed by atoms with Crippen LogP contribution in [0.3, 0.4) is 0 Å². The van der Waals surface area contributed by atoms with Crippen molar-refractivity contribution in [2.75, 3.05) is 19.0 Å². The minimum absolute atomic E-state index is 0.215. The summed E-state index contributed by atoms with van der Waals surface area (Å²) in [5.74, 6) is 2.31. The van der Waals surface area contributed by atoms with Crippen LogP contribution in [-0.4, -0.2) is 24.9 Å². The third-order valence-electron chi connectivity index (χ3n) is 3.20. The molecule has 0 aliphatic rings. The summed E-state index contributed by atoms with van der Waals surface area (Å²) in [4.78, 5) is 12.0. The van der Waals surface area contributed by atoms with Gasteiger partial charge in [-0.05, 0) is 38.5 Å². The van der Waals surface area contributed by atoms with Gasteiger partial charge < -0.3 is 19.3 Å². The minimum atomic E-state index is -0.362. The Morgan fingerprint density at radius 1 is 1.35 bits per heavy atom. The van der Waals surface area contributed by atoms with E-state index in [9.17, 15) is 4.79 Å². The van der Waals surface area contributed by atoms with Crippen molar-refractivity contribution in [1.29, 1.82) is 0 Å². The molecule has 1 heterocycles. The molecule has 1 aromatic heterocycles. The maximum Gasteiger partial charge on any atom is 0.320 e. The maximum atomic E-state index is 12.0. The van der Waals surface area contributed by atoms with Crippen molar-refractivity contribution in [2.45, 2.75) is 26.8 Å². The highest BCUT2D eigenvalue weighted by Gasteiger charge is 2.14. The molecule has 2 aromatic rings. The average molecular weight is 319 g/mol. The normalized spacial score (nSPS) is 11.7. The summed E-state index contributed by atoms with van der Waals surface area (Å²) in [6.07, 6.45) is 0. The fraction of sp³-hybridized carbons (Fsp3) is 0.375. The van der Waals surface area contributed by atoms with E-state index in [0.717, 1.165) is 5.56 Å². The molecule has 1 atom stereocenters. The Morgan fingerprint density at radius 3 is 2.74 bits per heavy atom. The molecule has 7 heteroatoms.